The van der Waals surface area contributed by atoms with Crippen LogP contribution in [-0.4, -0.2) is 25.4 Å². The van der Waals surface area contributed by atoms with Crippen LogP contribution in [0.3, 0.4) is 0 Å². The molecular formula is C25H21N5O. The molecular weight excluding hydrogens is 386 g/mol. The third-order valence-corrected chi connectivity index (χ3v) is 5.16. The van der Waals surface area contributed by atoms with Crippen LogP contribution in [0.4, 0.5) is 0 Å². The smallest absolute Gasteiger partial charge is 0.197 e. The van der Waals surface area contributed by atoms with E-state index in [1.807, 2.05) is 59.5 Å². The highest BCUT2D eigenvalue weighted by atomic mass is 16.7. The van der Waals surface area contributed by atoms with Gasteiger partial charge in [-0.3, -0.25) is 0 Å². The molecule has 0 aliphatic rings. The lowest BCUT2D eigenvalue weighted by molar-refractivity contribution is 0.0442. The largest absolute Gasteiger partial charge is 0.405 e. The van der Waals surface area contributed by atoms with E-state index in [1.54, 1.807) is 0 Å². The quantitative estimate of drug-likeness (QED) is 0.423. The molecule has 31 heavy (non-hydrogen) atoms. The van der Waals surface area contributed by atoms with E-state index in [0.717, 1.165) is 28.5 Å². The highest BCUT2D eigenvalue weighted by molar-refractivity contribution is 5.91. The standard InChI is InChI=1S/C25H21N5O/c1-3-9-19(10-4-1)17-24(20-11-5-2-6-12-20)31-30-18-21(15-16-25-26-28-29-27-25)22-13-7-8-14-23(22)30/h1-16,18,24H,17H2,(H,26,27,28,29). The molecule has 6 nitrogen and oxygen atoms in total. The van der Waals surface area contributed by atoms with Gasteiger partial charge < -0.3 is 4.84 Å². The molecule has 0 bridgehead atoms. The molecule has 2 aromatic heterocycles. The highest BCUT2D eigenvalue weighted by Crippen LogP contribution is 2.26. The van der Waals surface area contributed by atoms with Crippen molar-refractivity contribution in [2.45, 2.75) is 12.5 Å². The summed E-state index contributed by atoms with van der Waals surface area (Å²) >= 11 is 0. The monoisotopic (exact) mass is 407 g/mol. The number of para-hydroxylation sites is 1. The molecule has 0 aliphatic carbocycles. The van der Waals surface area contributed by atoms with Crippen LogP contribution >= 0.6 is 0 Å². The Labute approximate surface area is 179 Å². The van der Waals surface area contributed by atoms with E-state index < -0.39 is 0 Å². The summed E-state index contributed by atoms with van der Waals surface area (Å²) in [6.07, 6.45) is 6.44. The number of benzene rings is 3. The lowest BCUT2D eigenvalue weighted by Crippen LogP contribution is -2.19. The Hall–Kier alpha value is -4.19. The second-order valence-electron chi connectivity index (χ2n) is 7.23. The number of nitrogens with zero attached hydrogens (tertiary/aromatic N) is 4. The first-order valence-corrected chi connectivity index (χ1v) is 10.1. The van der Waals surface area contributed by atoms with Crippen molar-refractivity contribution in [1.82, 2.24) is 25.4 Å². The van der Waals surface area contributed by atoms with Crippen LogP contribution in [-0.2, 0) is 6.42 Å². The number of aromatic nitrogens is 5. The maximum atomic E-state index is 6.57. The molecule has 152 valence electrons. The number of aromatic amines is 1. The first-order chi connectivity index (χ1) is 15.4. The molecule has 0 fully saturated rings. The van der Waals surface area contributed by atoms with Crippen molar-refractivity contribution in [1.29, 1.82) is 0 Å². The molecule has 0 aliphatic heterocycles. The van der Waals surface area contributed by atoms with E-state index in [0.29, 0.717) is 5.82 Å². The normalized spacial score (nSPS) is 12.4. The van der Waals surface area contributed by atoms with Crippen molar-refractivity contribution in [3.63, 3.8) is 0 Å². The lowest BCUT2D eigenvalue weighted by atomic mass is 10.0. The van der Waals surface area contributed by atoms with Gasteiger partial charge in [0.25, 0.3) is 0 Å². The summed E-state index contributed by atoms with van der Waals surface area (Å²) in [4.78, 5) is 6.57. The van der Waals surface area contributed by atoms with Gasteiger partial charge >= 0.3 is 0 Å². The van der Waals surface area contributed by atoms with Crippen molar-refractivity contribution in [2.75, 3.05) is 0 Å². The van der Waals surface area contributed by atoms with Gasteiger partial charge in [0.15, 0.2) is 11.9 Å². The van der Waals surface area contributed by atoms with Crippen molar-refractivity contribution in [2.24, 2.45) is 0 Å². The SMILES string of the molecule is C(=Cc1cn(OC(Cc2ccccc2)c2ccccc2)c2ccccc12)c1nn[nH]n1. The average molecular weight is 407 g/mol. The zero-order chi connectivity index (χ0) is 20.9. The molecule has 0 amide bonds. The molecule has 0 radical (unpaired) electrons. The Morgan fingerprint density at radius 1 is 0.871 bits per heavy atom. The molecule has 0 spiro atoms. The summed E-state index contributed by atoms with van der Waals surface area (Å²) < 4.78 is 1.87. The Kier molecular flexibility index (Phi) is 5.26. The van der Waals surface area contributed by atoms with Crippen LogP contribution in [0.15, 0.2) is 91.1 Å². The van der Waals surface area contributed by atoms with E-state index in [9.17, 15) is 0 Å². The third kappa shape index (κ3) is 4.23. The van der Waals surface area contributed by atoms with E-state index in [2.05, 4.69) is 69.2 Å². The second kappa shape index (κ2) is 8.67. The highest BCUT2D eigenvalue weighted by Gasteiger charge is 2.17. The number of H-pyrrole nitrogens is 1. The first kappa shape index (κ1) is 18.8. The van der Waals surface area contributed by atoms with Crippen molar-refractivity contribution < 1.29 is 4.84 Å². The molecule has 3 aromatic carbocycles. The van der Waals surface area contributed by atoms with Crippen LogP contribution < -0.4 is 4.84 Å². The minimum Gasteiger partial charge on any atom is -0.405 e. The minimum absolute atomic E-state index is 0.131. The van der Waals surface area contributed by atoms with Crippen LogP contribution in [0, 0.1) is 0 Å². The molecule has 2 heterocycles. The number of rotatable bonds is 7. The fourth-order valence-corrected chi connectivity index (χ4v) is 3.65. The molecule has 1 N–H and O–H groups in total. The fourth-order valence-electron chi connectivity index (χ4n) is 3.65. The Morgan fingerprint density at radius 2 is 1.61 bits per heavy atom. The summed E-state index contributed by atoms with van der Waals surface area (Å²) in [6, 6.07) is 28.9. The first-order valence-electron chi connectivity index (χ1n) is 10.1. The van der Waals surface area contributed by atoms with Crippen LogP contribution in [0.25, 0.3) is 23.1 Å². The van der Waals surface area contributed by atoms with Gasteiger partial charge in [0.05, 0.1) is 11.7 Å². The zero-order valence-electron chi connectivity index (χ0n) is 16.8. The van der Waals surface area contributed by atoms with Gasteiger partial charge in [-0.1, -0.05) is 78.9 Å². The van der Waals surface area contributed by atoms with Crippen molar-refractivity contribution >= 4 is 23.1 Å². The molecule has 5 aromatic rings. The number of fused-ring (bicyclic) bond motifs is 1. The van der Waals surface area contributed by atoms with E-state index in [-0.39, 0.29) is 6.10 Å². The van der Waals surface area contributed by atoms with E-state index in [4.69, 9.17) is 4.84 Å². The Morgan fingerprint density at radius 3 is 2.39 bits per heavy atom. The van der Waals surface area contributed by atoms with Gasteiger partial charge in [-0.05, 0) is 34.6 Å². The Bertz CT molecular complexity index is 1280. The number of nitrogens with one attached hydrogen (secondary N) is 1. The predicted molar refractivity (Wildman–Crippen MR) is 121 cm³/mol. The van der Waals surface area contributed by atoms with Crippen molar-refractivity contribution in [3.05, 3.63) is 114 Å². The summed E-state index contributed by atoms with van der Waals surface area (Å²) in [5.41, 5.74) is 4.38. The molecule has 6 heteroatoms. The van der Waals surface area contributed by atoms with Gasteiger partial charge in [0.2, 0.25) is 0 Å². The van der Waals surface area contributed by atoms with Gasteiger partial charge in [-0.15, -0.1) is 10.2 Å². The maximum absolute atomic E-state index is 6.57. The van der Waals surface area contributed by atoms with Crippen LogP contribution in [0.2, 0.25) is 0 Å². The molecule has 0 saturated heterocycles. The molecule has 1 unspecified atom stereocenters. The molecule has 5 rings (SSSR count). The minimum atomic E-state index is -0.131. The summed E-state index contributed by atoms with van der Waals surface area (Å²) in [7, 11) is 0. The summed E-state index contributed by atoms with van der Waals surface area (Å²) in [5, 5.41) is 15.1. The zero-order valence-corrected chi connectivity index (χ0v) is 16.8. The topological polar surface area (TPSA) is 68.6 Å². The van der Waals surface area contributed by atoms with Gasteiger partial charge in [0.1, 0.15) is 0 Å². The second-order valence-corrected chi connectivity index (χ2v) is 7.23. The van der Waals surface area contributed by atoms with E-state index in [1.165, 1.54) is 5.56 Å². The predicted octanol–water partition coefficient (Wildman–Crippen LogP) is 4.74. The van der Waals surface area contributed by atoms with Crippen LogP contribution in [0.5, 0.6) is 0 Å². The Balaban J connectivity index is 1.51. The summed E-state index contributed by atoms with van der Waals surface area (Å²) in [5.74, 6) is 0.531. The average Bonchev–Trinajstić information content (AvgIpc) is 3.47. The van der Waals surface area contributed by atoms with Crippen LogP contribution in [0.1, 0.15) is 28.6 Å². The van der Waals surface area contributed by atoms with E-state index >= 15 is 0 Å². The van der Waals surface area contributed by atoms with Gasteiger partial charge in [-0.25, -0.2) is 0 Å². The number of tetrazole rings is 1. The molecule has 1 atom stereocenters. The number of hydrogen-bond donors (Lipinski definition) is 1. The fraction of sp³-hybridized carbons (Fsp3) is 0.0800. The lowest BCUT2D eigenvalue weighted by Gasteiger charge is -2.20. The van der Waals surface area contributed by atoms with Gasteiger partial charge in [0, 0.05) is 17.4 Å². The molecule has 0 saturated carbocycles. The van der Waals surface area contributed by atoms with Crippen molar-refractivity contribution in [3.8, 4) is 0 Å². The third-order valence-electron chi connectivity index (χ3n) is 5.16. The maximum Gasteiger partial charge on any atom is 0.197 e. The number of hydrogen-bond acceptors (Lipinski definition) is 4. The summed E-state index contributed by atoms with van der Waals surface area (Å²) in [6.45, 7) is 0. The van der Waals surface area contributed by atoms with Gasteiger partial charge in [-0.2, -0.15) is 9.94 Å².